The van der Waals surface area contributed by atoms with Crippen molar-refractivity contribution in [1.82, 2.24) is 9.80 Å². The molecular formula is C23H28N2O4S. The molecule has 1 aromatic carbocycles. The Labute approximate surface area is 181 Å². The van der Waals surface area contributed by atoms with Crippen molar-refractivity contribution in [1.29, 1.82) is 0 Å². The van der Waals surface area contributed by atoms with Crippen LogP contribution >= 0.6 is 11.3 Å². The first-order chi connectivity index (χ1) is 14.6. The van der Waals surface area contributed by atoms with E-state index in [2.05, 4.69) is 21.7 Å². The molecule has 0 aliphatic carbocycles. The summed E-state index contributed by atoms with van der Waals surface area (Å²) in [5.74, 6) is 0.106. The average molecular weight is 429 g/mol. The molecule has 2 aliphatic rings. The Kier molecular flexibility index (Phi) is 6.11. The van der Waals surface area contributed by atoms with Gasteiger partial charge in [-0.15, -0.1) is 0 Å². The van der Waals surface area contributed by atoms with Gasteiger partial charge in [-0.3, -0.25) is 14.5 Å². The number of amides is 1. The van der Waals surface area contributed by atoms with E-state index in [0.29, 0.717) is 6.54 Å². The number of hydrogen-bond acceptors (Lipinski definition) is 6. The number of carbonyl (C=O) groups excluding carboxylic acids is 2. The van der Waals surface area contributed by atoms with Gasteiger partial charge < -0.3 is 14.4 Å². The maximum atomic E-state index is 13.0. The van der Waals surface area contributed by atoms with Gasteiger partial charge >= 0.3 is 5.97 Å². The fourth-order valence-electron chi connectivity index (χ4n) is 4.91. The highest BCUT2D eigenvalue weighted by Crippen LogP contribution is 2.45. The van der Waals surface area contributed by atoms with Gasteiger partial charge in [0.1, 0.15) is 5.75 Å². The van der Waals surface area contributed by atoms with Crippen LogP contribution in [0.2, 0.25) is 0 Å². The molecule has 7 heteroatoms. The highest BCUT2D eigenvalue weighted by atomic mass is 32.1. The first-order valence-corrected chi connectivity index (χ1v) is 11.2. The van der Waals surface area contributed by atoms with Crippen molar-refractivity contribution in [2.45, 2.75) is 37.9 Å². The molecule has 1 aromatic heterocycles. The monoisotopic (exact) mass is 428 g/mol. The van der Waals surface area contributed by atoms with Crippen molar-refractivity contribution in [3.8, 4) is 5.75 Å². The lowest BCUT2D eigenvalue weighted by Gasteiger charge is -2.47. The van der Waals surface area contributed by atoms with Crippen LogP contribution in [-0.2, 0) is 27.4 Å². The fourth-order valence-corrected chi connectivity index (χ4v) is 5.57. The molecule has 3 heterocycles. The van der Waals surface area contributed by atoms with E-state index in [1.807, 2.05) is 29.2 Å². The summed E-state index contributed by atoms with van der Waals surface area (Å²) in [5.41, 5.74) is 1.84. The molecule has 2 aliphatic heterocycles. The van der Waals surface area contributed by atoms with E-state index in [1.54, 1.807) is 18.4 Å². The van der Waals surface area contributed by atoms with Gasteiger partial charge in [-0.25, -0.2) is 0 Å². The van der Waals surface area contributed by atoms with Gasteiger partial charge in [0.05, 0.1) is 25.7 Å². The molecule has 30 heavy (non-hydrogen) atoms. The Morgan fingerprint density at radius 2 is 1.97 bits per heavy atom. The van der Waals surface area contributed by atoms with Gasteiger partial charge in [0, 0.05) is 32.6 Å². The van der Waals surface area contributed by atoms with E-state index in [9.17, 15) is 9.59 Å². The largest absolute Gasteiger partial charge is 0.497 e. The van der Waals surface area contributed by atoms with Crippen LogP contribution in [0.3, 0.4) is 0 Å². The molecular weight excluding hydrogens is 400 g/mol. The number of ether oxygens (including phenoxy) is 2. The lowest BCUT2D eigenvalue weighted by Crippen LogP contribution is -2.57. The molecule has 1 spiro atoms. The van der Waals surface area contributed by atoms with Gasteiger partial charge in [0.25, 0.3) is 0 Å². The van der Waals surface area contributed by atoms with Crippen LogP contribution in [0.15, 0.2) is 41.1 Å². The first-order valence-electron chi connectivity index (χ1n) is 10.3. The maximum absolute atomic E-state index is 13.0. The minimum atomic E-state index is -0.488. The molecule has 2 saturated heterocycles. The number of hydrogen-bond donors (Lipinski definition) is 0. The molecule has 2 aromatic rings. The van der Waals surface area contributed by atoms with Crippen molar-refractivity contribution in [3.63, 3.8) is 0 Å². The number of thiophene rings is 1. The Morgan fingerprint density at radius 3 is 2.63 bits per heavy atom. The summed E-state index contributed by atoms with van der Waals surface area (Å²) in [6.07, 6.45) is 1.76. The predicted octanol–water partition coefficient (Wildman–Crippen LogP) is 3.31. The number of rotatable bonds is 6. The molecule has 6 nitrogen and oxygen atoms in total. The molecule has 0 bridgehead atoms. The van der Waals surface area contributed by atoms with Gasteiger partial charge in [0.2, 0.25) is 5.91 Å². The van der Waals surface area contributed by atoms with Crippen molar-refractivity contribution < 1.29 is 19.1 Å². The van der Waals surface area contributed by atoms with Crippen molar-refractivity contribution >= 4 is 23.2 Å². The fraction of sp³-hybridized carbons (Fsp3) is 0.478. The molecule has 0 radical (unpaired) electrons. The molecule has 0 saturated carbocycles. The van der Waals surface area contributed by atoms with Gasteiger partial charge in [-0.2, -0.15) is 11.3 Å². The van der Waals surface area contributed by atoms with Gasteiger partial charge in [-0.1, -0.05) is 12.1 Å². The summed E-state index contributed by atoms with van der Waals surface area (Å²) < 4.78 is 10.4. The summed E-state index contributed by atoms with van der Waals surface area (Å²) in [5, 5.41) is 4.27. The third-order valence-electron chi connectivity index (χ3n) is 6.53. The van der Waals surface area contributed by atoms with Gasteiger partial charge in [-0.05, 0) is 52.9 Å². The topological polar surface area (TPSA) is 59.1 Å². The highest BCUT2D eigenvalue weighted by molar-refractivity contribution is 7.07. The zero-order valence-corrected chi connectivity index (χ0v) is 18.3. The highest BCUT2D eigenvalue weighted by Gasteiger charge is 2.56. The van der Waals surface area contributed by atoms with Gasteiger partial charge in [0.15, 0.2) is 0 Å². The molecule has 160 valence electrons. The third kappa shape index (κ3) is 3.96. The van der Waals surface area contributed by atoms with Crippen LogP contribution in [0, 0.1) is 5.92 Å². The Balaban J connectivity index is 1.56. The summed E-state index contributed by atoms with van der Waals surface area (Å²) in [4.78, 5) is 30.0. The number of nitrogens with zero attached hydrogens (tertiary/aromatic N) is 2. The average Bonchev–Trinajstić information content (AvgIpc) is 3.37. The summed E-state index contributed by atoms with van der Waals surface area (Å²) >= 11 is 1.71. The molecule has 0 N–H and O–H groups in total. The van der Waals surface area contributed by atoms with E-state index >= 15 is 0 Å². The Bertz CT molecular complexity index is 890. The Morgan fingerprint density at radius 1 is 1.17 bits per heavy atom. The lowest BCUT2D eigenvalue weighted by molar-refractivity contribution is -0.150. The van der Waals surface area contributed by atoms with Crippen molar-refractivity contribution in [2.75, 3.05) is 27.3 Å². The van der Waals surface area contributed by atoms with Crippen molar-refractivity contribution in [2.24, 2.45) is 5.92 Å². The smallest absolute Gasteiger partial charge is 0.311 e. The summed E-state index contributed by atoms with van der Waals surface area (Å²) in [6, 6.07) is 9.94. The van der Waals surface area contributed by atoms with Crippen LogP contribution in [0.5, 0.6) is 5.75 Å². The number of methoxy groups -OCH3 is 2. The second-order valence-electron chi connectivity index (χ2n) is 8.12. The van der Waals surface area contributed by atoms with Crippen LogP contribution in [0.1, 0.15) is 30.4 Å². The molecule has 1 unspecified atom stereocenters. The second-order valence-corrected chi connectivity index (χ2v) is 8.90. The number of carbonyl (C=O) groups is 2. The Hall–Kier alpha value is -2.38. The van der Waals surface area contributed by atoms with E-state index in [4.69, 9.17) is 9.47 Å². The predicted molar refractivity (Wildman–Crippen MR) is 115 cm³/mol. The lowest BCUT2D eigenvalue weighted by atomic mass is 9.76. The second kappa shape index (κ2) is 8.78. The van der Waals surface area contributed by atoms with Crippen LogP contribution in [0.4, 0.5) is 0 Å². The van der Waals surface area contributed by atoms with E-state index in [1.165, 1.54) is 12.7 Å². The molecule has 1 amide bonds. The summed E-state index contributed by atoms with van der Waals surface area (Å²) in [7, 11) is 3.05. The molecule has 4 rings (SSSR count). The zero-order chi connectivity index (χ0) is 21.1. The third-order valence-corrected chi connectivity index (χ3v) is 7.27. The quantitative estimate of drug-likeness (QED) is 0.661. The van der Waals surface area contributed by atoms with Crippen LogP contribution in [-0.4, -0.2) is 54.5 Å². The number of benzene rings is 1. The SMILES string of the molecule is COC(=O)C1CC(=O)N(Cc2cccc(OC)c2)C12CCN(Cc1ccsc1)CC2. The minimum absolute atomic E-state index is 0.0273. The number of esters is 1. The van der Waals surface area contributed by atoms with Crippen LogP contribution in [0.25, 0.3) is 0 Å². The summed E-state index contributed by atoms with van der Waals surface area (Å²) in [6.45, 7) is 3.09. The van der Waals surface area contributed by atoms with Crippen LogP contribution < -0.4 is 4.74 Å². The normalized spacial score (nSPS) is 21.2. The number of likely N-dealkylation sites (tertiary alicyclic amines) is 2. The first kappa shape index (κ1) is 20.9. The van der Waals surface area contributed by atoms with E-state index in [-0.39, 0.29) is 18.3 Å². The van der Waals surface area contributed by atoms with E-state index in [0.717, 1.165) is 43.8 Å². The maximum Gasteiger partial charge on any atom is 0.311 e. The standard InChI is InChI=1S/C23H28N2O4S/c1-28-19-5-3-4-17(12-19)15-25-21(26)13-20(22(27)29-2)23(25)7-9-24(10-8-23)14-18-6-11-30-16-18/h3-6,11-12,16,20H,7-10,13-15H2,1-2H3. The number of piperidine rings is 1. The molecule has 1 atom stereocenters. The van der Waals surface area contributed by atoms with E-state index < -0.39 is 11.5 Å². The molecule has 2 fully saturated rings. The zero-order valence-electron chi connectivity index (χ0n) is 17.5. The minimum Gasteiger partial charge on any atom is -0.497 e. The van der Waals surface area contributed by atoms with Crippen molar-refractivity contribution in [3.05, 3.63) is 52.2 Å².